The first-order valence-electron chi connectivity index (χ1n) is 9.41. The third-order valence-corrected chi connectivity index (χ3v) is 6.89. The minimum Gasteiger partial charge on any atom is -0.297 e. The fraction of sp³-hybridized carbons (Fsp3) is 0.350. The average Bonchev–Trinajstić information content (AvgIpc) is 2.72. The number of hydrazine groups is 1. The summed E-state index contributed by atoms with van der Waals surface area (Å²) in [7, 11) is -3.89. The lowest BCUT2D eigenvalue weighted by Crippen LogP contribution is -2.38. The Kier molecular flexibility index (Phi) is 7.10. The van der Waals surface area contributed by atoms with Gasteiger partial charge in [0.25, 0.3) is 0 Å². The summed E-state index contributed by atoms with van der Waals surface area (Å²) in [5.74, 6) is -0.928. The zero-order valence-electron chi connectivity index (χ0n) is 15.7. The van der Waals surface area contributed by atoms with Gasteiger partial charge in [-0.3, -0.25) is 15.6 Å². The highest BCUT2D eigenvalue weighted by atomic mass is 35.5. The molecule has 0 heterocycles. The number of rotatable bonds is 7. The van der Waals surface area contributed by atoms with Gasteiger partial charge in [-0.2, -0.15) is 0 Å². The second-order valence-corrected chi connectivity index (χ2v) is 9.24. The van der Waals surface area contributed by atoms with Crippen LogP contribution in [0.1, 0.15) is 25.7 Å². The molecule has 2 aromatic rings. The number of sulfonamides is 1. The number of benzene rings is 2. The van der Waals surface area contributed by atoms with Crippen LogP contribution in [0.4, 0.5) is 10.1 Å². The summed E-state index contributed by atoms with van der Waals surface area (Å²) < 4.78 is 40.8. The van der Waals surface area contributed by atoms with E-state index in [0.29, 0.717) is 36.4 Å². The van der Waals surface area contributed by atoms with Crippen molar-refractivity contribution in [2.24, 2.45) is 11.8 Å². The number of hydrogen-bond donors (Lipinski definition) is 3. The summed E-state index contributed by atoms with van der Waals surface area (Å²) in [5.41, 5.74) is 6.14. The van der Waals surface area contributed by atoms with Crippen LogP contribution in [0, 0.1) is 17.7 Å². The number of anilines is 1. The van der Waals surface area contributed by atoms with Crippen LogP contribution >= 0.6 is 11.6 Å². The van der Waals surface area contributed by atoms with E-state index in [0.717, 1.165) is 6.07 Å². The van der Waals surface area contributed by atoms with Crippen molar-refractivity contribution in [3.05, 3.63) is 59.4 Å². The number of hydrogen-bond acceptors (Lipinski definition) is 4. The van der Waals surface area contributed by atoms with E-state index in [-0.39, 0.29) is 29.2 Å². The van der Waals surface area contributed by atoms with Crippen molar-refractivity contribution >= 4 is 33.2 Å². The molecule has 0 spiro atoms. The normalized spacial score (nSPS) is 19.5. The van der Waals surface area contributed by atoms with Crippen molar-refractivity contribution in [2.75, 3.05) is 12.0 Å². The van der Waals surface area contributed by atoms with Gasteiger partial charge < -0.3 is 0 Å². The maximum absolute atomic E-state index is 13.7. The Balaban J connectivity index is 1.45. The standard InChI is InChI=1S/C20H23ClFN3O3S/c21-16-5-1-3-7-18(16)24-25-20(26)15-11-9-14(10-12-15)13-23-29(27,28)19-8-4-2-6-17(19)22/h1-8,14-15,23-24H,9-13H2,(H,25,26). The second kappa shape index (κ2) is 9.56. The Bertz CT molecular complexity index is 963. The molecule has 1 aliphatic rings. The van der Waals surface area contributed by atoms with E-state index in [1.54, 1.807) is 18.2 Å². The quantitative estimate of drug-likeness (QED) is 0.574. The van der Waals surface area contributed by atoms with Crippen molar-refractivity contribution < 1.29 is 17.6 Å². The van der Waals surface area contributed by atoms with Gasteiger partial charge in [-0.1, -0.05) is 35.9 Å². The van der Waals surface area contributed by atoms with Gasteiger partial charge >= 0.3 is 0 Å². The molecule has 0 bridgehead atoms. The molecule has 156 valence electrons. The number of nitrogens with one attached hydrogen (secondary N) is 3. The van der Waals surface area contributed by atoms with Crippen LogP contribution in [0.15, 0.2) is 53.4 Å². The van der Waals surface area contributed by atoms with Crippen LogP contribution in [-0.4, -0.2) is 20.9 Å². The summed E-state index contributed by atoms with van der Waals surface area (Å²) in [6.45, 7) is 0.225. The number of carbonyl (C=O) groups is 1. The van der Waals surface area contributed by atoms with E-state index < -0.39 is 15.8 Å². The van der Waals surface area contributed by atoms with Gasteiger partial charge in [-0.25, -0.2) is 17.5 Å². The topological polar surface area (TPSA) is 87.3 Å². The summed E-state index contributed by atoms with van der Waals surface area (Å²) in [6, 6.07) is 12.4. The maximum Gasteiger partial charge on any atom is 0.243 e. The molecule has 0 saturated heterocycles. The van der Waals surface area contributed by atoms with Gasteiger partial charge in [0, 0.05) is 12.5 Å². The maximum atomic E-state index is 13.7. The summed E-state index contributed by atoms with van der Waals surface area (Å²) in [4.78, 5) is 12.0. The van der Waals surface area contributed by atoms with E-state index in [4.69, 9.17) is 11.6 Å². The van der Waals surface area contributed by atoms with Crippen molar-refractivity contribution in [1.82, 2.24) is 10.1 Å². The molecule has 1 amide bonds. The number of halogens is 2. The Morgan fingerprint density at radius 1 is 1.03 bits per heavy atom. The molecular formula is C20H23ClFN3O3S. The number of para-hydroxylation sites is 1. The molecule has 0 atom stereocenters. The van der Waals surface area contributed by atoms with Crippen LogP contribution in [0.25, 0.3) is 0 Å². The van der Waals surface area contributed by atoms with E-state index in [9.17, 15) is 17.6 Å². The van der Waals surface area contributed by atoms with Crippen molar-refractivity contribution in [3.63, 3.8) is 0 Å². The molecule has 0 aromatic heterocycles. The van der Waals surface area contributed by atoms with Gasteiger partial charge in [0.1, 0.15) is 10.7 Å². The molecule has 0 aliphatic heterocycles. The van der Waals surface area contributed by atoms with Gasteiger partial charge in [0.15, 0.2) is 0 Å². The molecule has 0 radical (unpaired) electrons. The minimum absolute atomic E-state index is 0.108. The molecule has 3 N–H and O–H groups in total. The Morgan fingerprint density at radius 3 is 2.38 bits per heavy atom. The Hall–Kier alpha value is -2.16. The largest absolute Gasteiger partial charge is 0.297 e. The predicted octanol–water partition coefficient (Wildman–Crippen LogP) is 3.71. The summed E-state index contributed by atoms with van der Waals surface area (Å²) in [6.07, 6.45) is 2.73. The number of amides is 1. The molecule has 3 rings (SSSR count). The molecule has 9 heteroatoms. The van der Waals surface area contributed by atoms with Crippen LogP contribution in [-0.2, 0) is 14.8 Å². The highest BCUT2D eigenvalue weighted by molar-refractivity contribution is 7.89. The first-order chi connectivity index (χ1) is 13.9. The van der Waals surface area contributed by atoms with Gasteiger partial charge in [-0.05, 0) is 55.9 Å². The van der Waals surface area contributed by atoms with Gasteiger partial charge in [0.2, 0.25) is 15.9 Å². The first-order valence-corrected chi connectivity index (χ1v) is 11.3. The summed E-state index contributed by atoms with van der Waals surface area (Å²) >= 11 is 6.04. The number of carbonyl (C=O) groups excluding carboxylic acids is 1. The van der Waals surface area contributed by atoms with Crippen molar-refractivity contribution in [1.29, 1.82) is 0 Å². The third kappa shape index (κ3) is 5.68. The van der Waals surface area contributed by atoms with Gasteiger partial charge in [-0.15, -0.1) is 0 Å². The molecule has 6 nitrogen and oxygen atoms in total. The molecule has 29 heavy (non-hydrogen) atoms. The third-order valence-electron chi connectivity index (χ3n) is 5.10. The highest BCUT2D eigenvalue weighted by Crippen LogP contribution is 2.29. The average molecular weight is 440 g/mol. The lowest BCUT2D eigenvalue weighted by atomic mass is 9.82. The van der Waals surface area contributed by atoms with E-state index >= 15 is 0 Å². The molecule has 1 saturated carbocycles. The van der Waals surface area contributed by atoms with Crippen LogP contribution in [0.5, 0.6) is 0 Å². The Morgan fingerprint density at radius 2 is 1.69 bits per heavy atom. The Labute approximate surface area is 174 Å². The fourth-order valence-corrected chi connectivity index (χ4v) is 4.77. The zero-order valence-corrected chi connectivity index (χ0v) is 17.3. The second-order valence-electron chi connectivity index (χ2n) is 7.09. The molecule has 1 fully saturated rings. The minimum atomic E-state index is -3.89. The fourth-order valence-electron chi connectivity index (χ4n) is 3.39. The van der Waals surface area contributed by atoms with E-state index in [2.05, 4.69) is 15.6 Å². The molecular weight excluding hydrogens is 417 g/mol. The smallest absolute Gasteiger partial charge is 0.243 e. The van der Waals surface area contributed by atoms with Crippen LogP contribution < -0.4 is 15.6 Å². The molecule has 2 aromatic carbocycles. The van der Waals surface area contributed by atoms with Crippen molar-refractivity contribution in [3.8, 4) is 0 Å². The van der Waals surface area contributed by atoms with Crippen LogP contribution in [0.2, 0.25) is 5.02 Å². The first kappa shape index (κ1) is 21.5. The molecule has 0 unspecified atom stereocenters. The van der Waals surface area contributed by atoms with E-state index in [1.807, 2.05) is 6.07 Å². The van der Waals surface area contributed by atoms with Crippen LogP contribution in [0.3, 0.4) is 0 Å². The van der Waals surface area contributed by atoms with Crippen molar-refractivity contribution in [2.45, 2.75) is 30.6 Å². The van der Waals surface area contributed by atoms with Gasteiger partial charge in [0.05, 0.1) is 10.7 Å². The zero-order chi connectivity index (χ0) is 20.9. The monoisotopic (exact) mass is 439 g/mol. The predicted molar refractivity (Wildman–Crippen MR) is 110 cm³/mol. The lowest BCUT2D eigenvalue weighted by Gasteiger charge is -2.28. The summed E-state index contributed by atoms with van der Waals surface area (Å²) in [5, 5.41) is 0.513. The SMILES string of the molecule is O=C(NNc1ccccc1Cl)C1CCC(CNS(=O)(=O)c2ccccc2F)CC1. The van der Waals surface area contributed by atoms with E-state index in [1.165, 1.54) is 18.2 Å². The molecule has 1 aliphatic carbocycles. The lowest BCUT2D eigenvalue weighted by molar-refractivity contribution is -0.125. The highest BCUT2D eigenvalue weighted by Gasteiger charge is 2.28.